The van der Waals surface area contributed by atoms with Gasteiger partial charge in [-0.1, -0.05) is 73.3 Å². The molecule has 0 spiro atoms. The molecular weight excluding hydrogens is 476 g/mol. The lowest BCUT2D eigenvalue weighted by molar-refractivity contribution is -0.140. The van der Waals surface area contributed by atoms with E-state index in [4.69, 9.17) is 4.84 Å². The van der Waals surface area contributed by atoms with Crippen molar-refractivity contribution >= 4 is 45.1 Å². The third-order valence-corrected chi connectivity index (χ3v) is 7.59. The highest BCUT2D eigenvalue weighted by molar-refractivity contribution is 6.46. The number of aromatic nitrogens is 1. The van der Waals surface area contributed by atoms with Gasteiger partial charge in [0.1, 0.15) is 0 Å². The van der Waals surface area contributed by atoms with Crippen molar-refractivity contribution in [3.05, 3.63) is 82.9 Å². The minimum absolute atomic E-state index is 0.0413. The molecule has 1 aliphatic rings. The van der Waals surface area contributed by atoms with Crippen molar-refractivity contribution in [2.75, 3.05) is 0 Å². The molecule has 38 heavy (non-hydrogen) atoms. The van der Waals surface area contributed by atoms with Crippen LogP contribution in [-0.2, 0) is 21.0 Å². The van der Waals surface area contributed by atoms with Crippen LogP contribution in [0.2, 0.25) is 0 Å². The number of rotatable bonds is 8. The summed E-state index contributed by atoms with van der Waals surface area (Å²) in [5, 5.41) is 5.71. The van der Waals surface area contributed by atoms with Crippen LogP contribution < -0.4 is 0 Å². The first-order valence-corrected chi connectivity index (χ1v) is 13.3. The highest BCUT2D eigenvalue weighted by Gasteiger charge is 2.25. The summed E-state index contributed by atoms with van der Waals surface area (Å²) in [7, 11) is 0. The quantitative estimate of drug-likeness (QED) is 0.114. The van der Waals surface area contributed by atoms with Crippen LogP contribution in [0, 0.1) is 12.8 Å². The minimum atomic E-state index is -0.578. The summed E-state index contributed by atoms with van der Waals surface area (Å²) in [5.74, 6) is -0.423. The van der Waals surface area contributed by atoms with E-state index < -0.39 is 5.97 Å². The van der Waals surface area contributed by atoms with Crippen LogP contribution in [0.4, 0.5) is 0 Å². The fourth-order valence-corrected chi connectivity index (χ4v) is 5.75. The average molecular weight is 509 g/mol. The van der Waals surface area contributed by atoms with Crippen molar-refractivity contribution in [1.82, 2.24) is 4.57 Å². The Morgan fingerprint density at radius 3 is 2.39 bits per heavy atom. The zero-order chi connectivity index (χ0) is 26.8. The van der Waals surface area contributed by atoms with Crippen LogP contribution in [0.1, 0.15) is 73.0 Å². The molecule has 0 radical (unpaired) electrons. The van der Waals surface area contributed by atoms with Gasteiger partial charge in [-0.3, -0.25) is 9.59 Å². The standard InChI is InChI=1S/C32H32N2O4/c1-4-34-27-17-16-23(31(33-38-21(3)35)29(36)18-22-11-6-7-12-22)19-26(27)30-25(14-9-15-28(30)34)32(37)24-13-8-5-10-20(24)2/h5,8-10,13-17,19,22H,4,6-7,11-12,18H2,1-3H3. The number of oxime groups is 1. The van der Waals surface area contributed by atoms with Gasteiger partial charge in [0, 0.05) is 58.4 Å². The molecule has 0 N–H and O–H groups in total. The van der Waals surface area contributed by atoms with Crippen molar-refractivity contribution in [3.8, 4) is 0 Å². The number of hydrogen-bond donors (Lipinski definition) is 0. The first kappa shape index (κ1) is 25.6. The maximum absolute atomic E-state index is 13.8. The molecule has 1 heterocycles. The topological polar surface area (TPSA) is 77.7 Å². The second kappa shape index (κ2) is 10.7. The summed E-state index contributed by atoms with van der Waals surface area (Å²) < 4.78 is 2.17. The van der Waals surface area contributed by atoms with Gasteiger partial charge in [0.25, 0.3) is 0 Å². The van der Waals surface area contributed by atoms with Crippen LogP contribution in [-0.4, -0.2) is 27.8 Å². The number of aryl methyl sites for hydroxylation is 2. The number of ketones is 2. The number of carbonyl (C=O) groups excluding carboxylic acids is 3. The van der Waals surface area contributed by atoms with E-state index in [1.165, 1.54) is 6.92 Å². The molecule has 1 fully saturated rings. The minimum Gasteiger partial charge on any atom is -0.341 e. The van der Waals surface area contributed by atoms with Crippen LogP contribution >= 0.6 is 0 Å². The normalized spacial score (nSPS) is 14.3. The summed E-state index contributed by atoms with van der Waals surface area (Å²) in [6, 6.07) is 19.1. The Balaban J connectivity index is 1.68. The number of benzene rings is 3. The van der Waals surface area contributed by atoms with E-state index in [0.717, 1.165) is 59.6 Å². The molecule has 6 heteroatoms. The third-order valence-electron chi connectivity index (χ3n) is 7.59. The molecule has 194 valence electrons. The summed E-state index contributed by atoms with van der Waals surface area (Å²) >= 11 is 0. The van der Waals surface area contributed by atoms with E-state index in [2.05, 4.69) is 16.6 Å². The fourth-order valence-electron chi connectivity index (χ4n) is 5.75. The number of Topliss-reactive ketones (excluding diaryl/α,β-unsaturated/α-hetero) is 1. The lowest BCUT2D eigenvalue weighted by atomic mass is 9.93. The Labute approximate surface area is 222 Å². The van der Waals surface area contributed by atoms with Crippen molar-refractivity contribution < 1.29 is 19.2 Å². The highest BCUT2D eigenvalue weighted by Crippen LogP contribution is 2.34. The monoisotopic (exact) mass is 508 g/mol. The van der Waals surface area contributed by atoms with E-state index >= 15 is 0 Å². The van der Waals surface area contributed by atoms with Gasteiger partial charge in [-0.05, 0) is 43.5 Å². The van der Waals surface area contributed by atoms with Crippen LogP contribution in [0.5, 0.6) is 0 Å². The largest absolute Gasteiger partial charge is 0.341 e. The van der Waals surface area contributed by atoms with Gasteiger partial charge in [-0.15, -0.1) is 0 Å². The summed E-state index contributed by atoms with van der Waals surface area (Å²) in [6.45, 7) is 6.00. The van der Waals surface area contributed by atoms with Crippen LogP contribution in [0.3, 0.4) is 0 Å². The Hall–Kier alpha value is -4.06. The van der Waals surface area contributed by atoms with E-state index in [1.54, 1.807) is 0 Å². The molecule has 0 bridgehead atoms. The molecule has 3 aromatic carbocycles. The van der Waals surface area contributed by atoms with E-state index in [0.29, 0.717) is 29.0 Å². The summed E-state index contributed by atoms with van der Waals surface area (Å²) in [5.41, 5.74) is 4.84. The molecule has 0 saturated heterocycles. The van der Waals surface area contributed by atoms with E-state index in [1.807, 2.05) is 67.6 Å². The first-order chi connectivity index (χ1) is 18.4. The number of fused-ring (bicyclic) bond motifs is 3. The molecule has 5 rings (SSSR count). The van der Waals surface area contributed by atoms with Crippen LogP contribution in [0.15, 0.2) is 65.8 Å². The maximum Gasteiger partial charge on any atom is 0.332 e. The molecule has 0 unspecified atom stereocenters. The van der Waals surface area contributed by atoms with Crippen molar-refractivity contribution in [2.45, 2.75) is 59.4 Å². The van der Waals surface area contributed by atoms with Crippen LogP contribution in [0.25, 0.3) is 21.8 Å². The second-order valence-corrected chi connectivity index (χ2v) is 10.1. The SMILES string of the molecule is CCn1c2ccc(C(=NOC(C)=O)C(=O)CC3CCCC3)cc2c2c(C(=O)c3ccccc3C)cccc21. The maximum atomic E-state index is 13.8. The smallest absolute Gasteiger partial charge is 0.332 e. The van der Waals surface area contributed by atoms with Gasteiger partial charge < -0.3 is 9.40 Å². The molecular formula is C32H32N2O4. The Morgan fingerprint density at radius 2 is 1.68 bits per heavy atom. The fraction of sp³-hybridized carbons (Fsp3) is 0.312. The molecule has 1 saturated carbocycles. The van der Waals surface area contributed by atoms with Gasteiger partial charge in [-0.25, -0.2) is 4.79 Å². The Kier molecular flexibility index (Phi) is 7.23. The Bertz CT molecular complexity index is 1590. The van der Waals surface area contributed by atoms with E-state index in [-0.39, 0.29) is 17.3 Å². The molecule has 1 aromatic heterocycles. The van der Waals surface area contributed by atoms with Gasteiger partial charge in [0.05, 0.1) is 0 Å². The molecule has 6 nitrogen and oxygen atoms in total. The molecule has 0 aliphatic heterocycles. The lowest BCUT2D eigenvalue weighted by Crippen LogP contribution is -2.19. The molecule has 0 amide bonds. The first-order valence-electron chi connectivity index (χ1n) is 13.3. The zero-order valence-corrected chi connectivity index (χ0v) is 22.1. The summed E-state index contributed by atoms with van der Waals surface area (Å²) in [6.07, 6.45) is 4.70. The van der Waals surface area contributed by atoms with Crippen molar-refractivity contribution in [1.29, 1.82) is 0 Å². The average Bonchev–Trinajstić information content (AvgIpc) is 3.53. The van der Waals surface area contributed by atoms with Gasteiger partial charge in [0.2, 0.25) is 0 Å². The second-order valence-electron chi connectivity index (χ2n) is 10.1. The summed E-state index contributed by atoms with van der Waals surface area (Å²) in [4.78, 5) is 43.7. The van der Waals surface area contributed by atoms with Gasteiger partial charge in [0.15, 0.2) is 17.3 Å². The van der Waals surface area contributed by atoms with Gasteiger partial charge in [-0.2, -0.15) is 0 Å². The third kappa shape index (κ3) is 4.78. The number of hydrogen-bond acceptors (Lipinski definition) is 5. The van der Waals surface area contributed by atoms with Crippen molar-refractivity contribution in [3.63, 3.8) is 0 Å². The lowest BCUT2D eigenvalue weighted by Gasteiger charge is -2.10. The zero-order valence-electron chi connectivity index (χ0n) is 22.1. The molecule has 4 aromatic rings. The Morgan fingerprint density at radius 1 is 0.947 bits per heavy atom. The molecule has 0 atom stereocenters. The van der Waals surface area contributed by atoms with Crippen molar-refractivity contribution in [2.24, 2.45) is 11.1 Å². The number of nitrogens with zero attached hydrogens (tertiary/aromatic N) is 2. The predicted octanol–water partition coefficient (Wildman–Crippen LogP) is 6.77. The molecule has 1 aliphatic carbocycles. The highest BCUT2D eigenvalue weighted by atomic mass is 16.7. The van der Waals surface area contributed by atoms with E-state index in [9.17, 15) is 14.4 Å². The number of carbonyl (C=O) groups is 3. The van der Waals surface area contributed by atoms with Gasteiger partial charge >= 0.3 is 5.97 Å². The predicted molar refractivity (Wildman–Crippen MR) is 150 cm³/mol.